The third-order valence-corrected chi connectivity index (χ3v) is 1.93. The first-order valence-electron chi connectivity index (χ1n) is 3.49. The number of hydrogen-bond donors (Lipinski definition) is 2. The van der Waals surface area contributed by atoms with Crippen molar-refractivity contribution in [1.29, 1.82) is 0 Å². The molecular weight excluding hydrogens is 174 g/mol. The summed E-state index contributed by atoms with van der Waals surface area (Å²) in [5, 5.41) is 8.75. The van der Waals surface area contributed by atoms with Crippen LogP contribution in [0.4, 0.5) is 0 Å². The van der Waals surface area contributed by atoms with E-state index in [1.807, 2.05) is 18.2 Å². The van der Waals surface area contributed by atoms with E-state index in [0.29, 0.717) is 11.5 Å². The van der Waals surface area contributed by atoms with Gasteiger partial charge in [-0.25, -0.2) is 4.98 Å². The molecule has 0 amide bonds. The normalized spacial score (nSPS) is 10.8. The summed E-state index contributed by atoms with van der Waals surface area (Å²) in [6.07, 6.45) is 0. The molecule has 0 aliphatic carbocycles. The number of oxazole rings is 1. The fourth-order valence-electron chi connectivity index (χ4n) is 1.05. The Bertz CT molecular complexity index is 410. The summed E-state index contributed by atoms with van der Waals surface area (Å²) >= 11 is 4.19. The number of thiol groups is 1. The molecule has 2 aromatic rings. The number of rotatable bonds is 1. The predicted molar refractivity (Wildman–Crippen MR) is 47.2 cm³/mol. The number of aliphatic hydroxyl groups excluding tert-OH is 1. The van der Waals surface area contributed by atoms with Crippen molar-refractivity contribution in [2.24, 2.45) is 0 Å². The van der Waals surface area contributed by atoms with Gasteiger partial charge in [0.05, 0.1) is 0 Å². The van der Waals surface area contributed by atoms with Crippen LogP contribution in [0.15, 0.2) is 27.5 Å². The number of fused-ring (bicyclic) bond motifs is 1. The topological polar surface area (TPSA) is 46.3 Å². The molecule has 4 heteroatoms. The van der Waals surface area contributed by atoms with Crippen molar-refractivity contribution in [2.75, 3.05) is 0 Å². The van der Waals surface area contributed by atoms with Crippen molar-refractivity contribution in [1.82, 2.24) is 4.98 Å². The molecular formula is C8H7NO2S. The summed E-state index contributed by atoms with van der Waals surface area (Å²) in [4.78, 5) is 4.76. The summed E-state index contributed by atoms with van der Waals surface area (Å²) in [5.41, 5.74) is 1.36. The van der Waals surface area contributed by atoms with E-state index in [9.17, 15) is 0 Å². The van der Waals surface area contributed by atoms with Crippen molar-refractivity contribution in [3.63, 3.8) is 0 Å². The Morgan fingerprint density at radius 2 is 2.33 bits per heavy atom. The molecule has 0 saturated carbocycles. The summed E-state index contributed by atoms with van der Waals surface area (Å²) in [5.74, 6) is 0.325. The van der Waals surface area contributed by atoms with Crippen molar-refractivity contribution in [3.05, 3.63) is 24.1 Å². The predicted octanol–water partition coefficient (Wildman–Crippen LogP) is 1.61. The average molecular weight is 181 g/mol. The van der Waals surface area contributed by atoms with E-state index in [1.54, 1.807) is 0 Å². The molecule has 0 fully saturated rings. The van der Waals surface area contributed by atoms with E-state index < -0.39 is 0 Å². The molecule has 1 N–H and O–H groups in total. The van der Waals surface area contributed by atoms with Gasteiger partial charge in [-0.3, -0.25) is 0 Å². The number of hydrogen-bond acceptors (Lipinski definition) is 4. The highest BCUT2D eigenvalue weighted by atomic mass is 32.1. The van der Waals surface area contributed by atoms with Gasteiger partial charge in [-0.2, -0.15) is 0 Å². The maximum Gasteiger partial charge on any atom is 0.221 e. The Labute approximate surface area is 74.4 Å². The summed E-state index contributed by atoms with van der Waals surface area (Å²) in [7, 11) is 0. The standard InChI is InChI=1S/C8H7NO2S/c10-4-7-9-5-2-1-3-6(12)8(5)11-7/h1-3,10,12H,4H2. The number of aromatic nitrogens is 1. The van der Waals surface area contributed by atoms with E-state index >= 15 is 0 Å². The van der Waals surface area contributed by atoms with Crippen LogP contribution < -0.4 is 0 Å². The third kappa shape index (κ3) is 1.09. The van der Waals surface area contributed by atoms with Crippen molar-refractivity contribution in [2.45, 2.75) is 11.5 Å². The molecule has 0 unspecified atom stereocenters. The molecule has 0 aliphatic heterocycles. The molecule has 12 heavy (non-hydrogen) atoms. The van der Waals surface area contributed by atoms with Gasteiger partial charge in [-0.1, -0.05) is 6.07 Å². The Morgan fingerprint density at radius 1 is 1.50 bits per heavy atom. The molecule has 0 aliphatic rings. The SMILES string of the molecule is OCc1nc2cccc(S)c2o1. The van der Waals surface area contributed by atoms with Gasteiger partial charge in [0, 0.05) is 4.90 Å². The van der Waals surface area contributed by atoms with Gasteiger partial charge >= 0.3 is 0 Å². The second-order valence-corrected chi connectivity index (χ2v) is 2.87. The fourth-order valence-corrected chi connectivity index (χ4v) is 1.29. The molecule has 62 valence electrons. The van der Waals surface area contributed by atoms with Gasteiger partial charge in [-0.05, 0) is 12.1 Å². The Kier molecular flexibility index (Phi) is 1.78. The number of aliphatic hydroxyl groups is 1. The second-order valence-electron chi connectivity index (χ2n) is 2.39. The van der Waals surface area contributed by atoms with Gasteiger partial charge in [0.1, 0.15) is 12.1 Å². The molecule has 0 spiro atoms. The van der Waals surface area contributed by atoms with Gasteiger partial charge in [0.2, 0.25) is 5.89 Å². The first-order valence-corrected chi connectivity index (χ1v) is 3.94. The lowest BCUT2D eigenvalue weighted by molar-refractivity contribution is 0.243. The molecule has 1 aromatic heterocycles. The van der Waals surface area contributed by atoms with E-state index in [-0.39, 0.29) is 6.61 Å². The smallest absolute Gasteiger partial charge is 0.221 e. The number of para-hydroxylation sites is 1. The highest BCUT2D eigenvalue weighted by molar-refractivity contribution is 7.80. The van der Waals surface area contributed by atoms with Crippen LogP contribution in [0.5, 0.6) is 0 Å². The average Bonchev–Trinajstić information content (AvgIpc) is 2.49. The van der Waals surface area contributed by atoms with E-state index in [0.717, 1.165) is 10.4 Å². The molecule has 0 atom stereocenters. The lowest BCUT2D eigenvalue weighted by atomic mass is 10.3. The zero-order valence-corrected chi connectivity index (χ0v) is 7.08. The van der Waals surface area contributed by atoms with Gasteiger partial charge in [-0.15, -0.1) is 12.6 Å². The molecule has 0 saturated heterocycles. The first-order chi connectivity index (χ1) is 5.81. The van der Waals surface area contributed by atoms with Crippen LogP contribution in [-0.2, 0) is 6.61 Å². The first kappa shape index (κ1) is 7.64. The van der Waals surface area contributed by atoms with Crippen LogP contribution in [0.1, 0.15) is 5.89 Å². The second kappa shape index (κ2) is 2.80. The molecule has 3 nitrogen and oxygen atoms in total. The Hall–Kier alpha value is -1.00. The minimum absolute atomic E-state index is 0.179. The highest BCUT2D eigenvalue weighted by Crippen LogP contribution is 2.22. The lowest BCUT2D eigenvalue weighted by Crippen LogP contribution is -1.78. The van der Waals surface area contributed by atoms with Crippen LogP contribution in [0.25, 0.3) is 11.1 Å². The van der Waals surface area contributed by atoms with Crippen LogP contribution in [-0.4, -0.2) is 10.1 Å². The summed E-state index contributed by atoms with van der Waals surface area (Å²) in [6.45, 7) is -0.179. The highest BCUT2D eigenvalue weighted by Gasteiger charge is 2.05. The summed E-state index contributed by atoms with van der Waals surface area (Å²) < 4.78 is 5.21. The zero-order chi connectivity index (χ0) is 8.55. The van der Waals surface area contributed by atoms with Crippen molar-refractivity contribution < 1.29 is 9.52 Å². The van der Waals surface area contributed by atoms with Crippen LogP contribution in [0.3, 0.4) is 0 Å². The molecule has 0 bridgehead atoms. The maximum absolute atomic E-state index is 8.75. The van der Waals surface area contributed by atoms with E-state index in [1.165, 1.54) is 0 Å². The molecule has 1 aromatic carbocycles. The van der Waals surface area contributed by atoms with Gasteiger partial charge in [0.15, 0.2) is 5.58 Å². The maximum atomic E-state index is 8.75. The number of benzene rings is 1. The van der Waals surface area contributed by atoms with E-state index in [2.05, 4.69) is 17.6 Å². The molecule has 2 rings (SSSR count). The quantitative estimate of drug-likeness (QED) is 0.657. The van der Waals surface area contributed by atoms with Crippen LogP contribution in [0, 0.1) is 0 Å². The molecule has 0 radical (unpaired) electrons. The van der Waals surface area contributed by atoms with Crippen LogP contribution in [0.2, 0.25) is 0 Å². The number of nitrogens with zero attached hydrogens (tertiary/aromatic N) is 1. The largest absolute Gasteiger partial charge is 0.437 e. The van der Waals surface area contributed by atoms with Crippen molar-refractivity contribution in [3.8, 4) is 0 Å². The minimum Gasteiger partial charge on any atom is -0.437 e. The van der Waals surface area contributed by atoms with Gasteiger partial charge in [0.25, 0.3) is 0 Å². The zero-order valence-electron chi connectivity index (χ0n) is 6.19. The monoisotopic (exact) mass is 181 g/mol. The minimum atomic E-state index is -0.179. The Balaban J connectivity index is 2.74. The fraction of sp³-hybridized carbons (Fsp3) is 0.125. The summed E-state index contributed by atoms with van der Waals surface area (Å²) in [6, 6.07) is 5.48. The molecule has 1 heterocycles. The third-order valence-electron chi connectivity index (χ3n) is 1.57. The van der Waals surface area contributed by atoms with E-state index in [4.69, 9.17) is 9.52 Å². The van der Waals surface area contributed by atoms with Gasteiger partial charge < -0.3 is 9.52 Å². The van der Waals surface area contributed by atoms with Crippen LogP contribution >= 0.6 is 12.6 Å². The lowest BCUT2D eigenvalue weighted by Gasteiger charge is -1.88. The Morgan fingerprint density at radius 3 is 3.00 bits per heavy atom. The van der Waals surface area contributed by atoms with Crippen molar-refractivity contribution >= 4 is 23.7 Å².